The van der Waals surface area contributed by atoms with Crippen molar-refractivity contribution in [3.63, 3.8) is 0 Å². The lowest BCUT2D eigenvalue weighted by molar-refractivity contribution is 0.302. The van der Waals surface area contributed by atoms with E-state index in [-0.39, 0.29) is 0 Å². The predicted molar refractivity (Wildman–Crippen MR) is 67.6 cm³/mol. The Labute approximate surface area is 101 Å². The molecule has 1 aromatic carbocycles. The Morgan fingerprint density at radius 3 is 2.88 bits per heavy atom. The van der Waals surface area contributed by atoms with Crippen LogP contribution in [0.2, 0.25) is 0 Å². The van der Waals surface area contributed by atoms with Gasteiger partial charge in [-0.2, -0.15) is 0 Å². The number of hydrogen-bond donors (Lipinski definition) is 1. The Morgan fingerprint density at radius 2 is 2.18 bits per heavy atom. The molecule has 0 fully saturated rings. The highest BCUT2D eigenvalue weighted by molar-refractivity contribution is 5.36. The van der Waals surface area contributed by atoms with Crippen molar-refractivity contribution in [3.05, 3.63) is 59.4 Å². The predicted octanol–water partition coefficient (Wildman–Crippen LogP) is 2.43. The Morgan fingerprint density at radius 1 is 1.29 bits per heavy atom. The fourth-order valence-electron chi connectivity index (χ4n) is 1.65. The van der Waals surface area contributed by atoms with Crippen molar-refractivity contribution in [3.8, 4) is 5.75 Å². The molecule has 0 spiro atoms. The lowest BCUT2D eigenvalue weighted by Crippen LogP contribution is -2.03. The minimum atomic E-state index is 0.490. The molecule has 0 saturated heterocycles. The Bertz CT molecular complexity index is 483. The third kappa shape index (κ3) is 3.04. The molecular formula is C14H16N2O. The SMILES string of the molecule is Cc1ccc(OCc2cccnc2)c(CN)c1. The van der Waals surface area contributed by atoms with Gasteiger partial charge in [-0.3, -0.25) is 4.98 Å². The van der Waals surface area contributed by atoms with E-state index in [0.717, 1.165) is 16.9 Å². The van der Waals surface area contributed by atoms with Gasteiger partial charge in [0, 0.05) is 30.1 Å². The molecule has 0 amide bonds. The van der Waals surface area contributed by atoms with E-state index in [1.54, 1.807) is 12.4 Å². The molecule has 0 aliphatic carbocycles. The van der Waals surface area contributed by atoms with Gasteiger partial charge in [0.05, 0.1) is 0 Å². The number of aryl methyl sites for hydroxylation is 1. The van der Waals surface area contributed by atoms with Gasteiger partial charge in [-0.25, -0.2) is 0 Å². The van der Waals surface area contributed by atoms with Crippen LogP contribution in [0.3, 0.4) is 0 Å². The summed E-state index contributed by atoms with van der Waals surface area (Å²) in [6, 6.07) is 9.94. The molecule has 0 aliphatic rings. The quantitative estimate of drug-likeness (QED) is 0.874. The van der Waals surface area contributed by atoms with Crippen LogP contribution < -0.4 is 10.5 Å². The summed E-state index contributed by atoms with van der Waals surface area (Å²) in [4.78, 5) is 4.05. The summed E-state index contributed by atoms with van der Waals surface area (Å²) < 4.78 is 5.75. The summed E-state index contributed by atoms with van der Waals surface area (Å²) in [5.74, 6) is 0.849. The van der Waals surface area contributed by atoms with Crippen molar-refractivity contribution in [2.24, 2.45) is 5.73 Å². The van der Waals surface area contributed by atoms with E-state index in [2.05, 4.69) is 11.1 Å². The molecule has 88 valence electrons. The van der Waals surface area contributed by atoms with Gasteiger partial charge in [0.15, 0.2) is 0 Å². The molecule has 3 nitrogen and oxygen atoms in total. The van der Waals surface area contributed by atoms with Gasteiger partial charge < -0.3 is 10.5 Å². The summed E-state index contributed by atoms with van der Waals surface area (Å²) in [5.41, 5.74) is 8.98. The van der Waals surface area contributed by atoms with Crippen LogP contribution in [0.1, 0.15) is 16.7 Å². The van der Waals surface area contributed by atoms with Crippen LogP contribution in [-0.2, 0) is 13.2 Å². The highest BCUT2D eigenvalue weighted by Gasteiger charge is 2.02. The van der Waals surface area contributed by atoms with Crippen LogP contribution in [0.15, 0.2) is 42.7 Å². The van der Waals surface area contributed by atoms with E-state index >= 15 is 0 Å². The summed E-state index contributed by atoms with van der Waals surface area (Å²) in [6.45, 7) is 3.05. The van der Waals surface area contributed by atoms with Crippen molar-refractivity contribution in [1.82, 2.24) is 4.98 Å². The fraction of sp³-hybridized carbons (Fsp3) is 0.214. The van der Waals surface area contributed by atoms with Crippen LogP contribution >= 0.6 is 0 Å². The first kappa shape index (κ1) is 11.6. The van der Waals surface area contributed by atoms with Gasteiger partial charge in [0.1, 0.15) is 12.4 Å². The van der Waals surface area contributed by atoms with E-state index in [0.29, 0.717) is 13.2 Å². The maximum absolute atomic E-state index is 5.75. The highest BCUT2D eigenvalue weighted by atomic mass is 16.5. The molecule has 1 aromatic heterocycles. The van der Waals surface area contributed by atoms with E-state index in [4.69, 9.17) is 10.5 Å². The molecule has 0 bridgehead atoms. The topological polar surface area (TPSA) is 48.1 Å². The standard InChI is InChI=1S/C14H16N2O/c1-11-4-5-14(13(7-11)8-15)17-10-12-3-2-6-16-9-12/h2-7,9H,8,10,15H2,1H3. The number of rotatable bonds is 4. The highest BCUT2D eigenvalue weighted by Crippen LogP contribution is 2.20. The first-order valence-electron chi connectivity index (χ1n) is 5.61. The zero-order valence-corrected chi connectivity index (χ0v) is 9.89. The zero-order chi connectivity index (χ0) is 12.1. The number of aromatic nitrogens is 1. The fourth-order valence-corrected chi connectivity index (χ4v) is 1.65. The van der Waals surface area contributed by atoms with Crippen LogP contribution in [0.5, 0.6) is 5.75 Å². The molecule has 0 saturated carbocycles. The van der Waals surface area contributed by atoms with Gasteiger partial charge >= 0.3 is 0 Å². The average Bonchev–Trinajstić information content (AvgIpc) is 2.38. The van der Waals surface area contributed by atoms with Crippen molar-refractivity contribution in [2.75, 3.05) is 0 Å². The molecule has 0 radical (unpaired) electrons. The summed E-state index contributed by atoms with van der Waals surface area (Å²) in [6.07, 6.45) is 3.55. The number of nitrogens with two attached hydrogens (primary N) is 1. The molecule has 2 N–H and O–H groups in total. The monoisotopic (exact) mass is 228 g/mol. The Balaban J connectivity index is 2.09. The second-order valence-electron chi connectivity index (χ2n) is 3.97. The first-order chi connectivity index (χ1) is 8.29. The first-order valence-corrected chi connectivity index (χ1v) is 5.61. The van der Waals surface area contributed by atoms with Crippen molar-refractivity contribution >= 4 is 0 Å². The zero-order valence-electron chi connectivity index (χ0n) is 9.89. The molecular weight excluding hydrogens is 212 g/mol. The van der Waals surface area contributed by atoms with Gasteiger partial charge in [0.25, 0.3) is 0 Å². The Kier molecular flexibility index (Phi) is 3.73. The Hall–Kier alpha value is -1.87. The average molecular weight is 228 g/mol. The van der Waals surface area contributed by atoms with E-state index in [9.17, 15) is 0 Å². The number of pyridine rings is 1. The molecule has 3 heteroatoms. The van der Waals surface area contributed by atoms with Crippen LogP contribution in [-0.4, -0.2) is 4.98 Å². The third-order valence-electron chi connectivity index (χ3n) is 2.55. The maximum atomic E-state index is 5.75. The number of nitrogens with zero attached hydrogens (tertiary/aromatic N) is 1. The molecule has 0 atom stereocenters. The maximum Gasteiger partial charge on any atom is 0.124 e. The van der Waals surface area contributed by atoms with Gasteiger partial charge in [-0.05, 0) is 19.1 Å². The number of ether oxygens (including phenoxy) is 1. The molecule has 17 heavy (non-hydrogen) atoms. The second-order valence-corrected chi connectivity index (χ2v) is 3.97. The van der Waals surface area contributed by atoms with E-state index < -0.39 is 0 Å². The molecule has 0 unspecified atom stereocenters. The lowest BCUT2D eigenvalue weighted by atomic mass is 10.1. The summed E-state index contributed by atoms with van der Waals surface area (Å²) in [7, 11) is 0. The molecule has 0 aliphatic heterocycles. The third-order valence-corrected chi connectivity index (χ3v) is 2.55. The molecule has 1 heterocycles. The van der Waals surface area contributed by atoms with Crippen molar-refractivity contribution < 1.29 is 4.74 Å². The largest absolute Gasteiger partial charge is 0.489 e. The summed E-state index contributed by atoms with van der Waals surface area (Å²) in [5, 5.41) is 0. The second kappa shape index (κ2) is 5.46. The number of benzene rings is 1. The van der Waals surface area contributed by atoms with Crippen LogP contribution in [0.25, 0.3) is 0 Å². The van der Waals surface area contributed by atoms with E-state index in [1.165, 1.54) is 5.56 Å². The smallest absolute Gasteiger partial charge is 0.124 e. The minimum Gasteiger partial charge on any atom is -0.489 e. The van der Waals surface area contributed by atoms with Crippen LogP contribution in [0.4, 0.5) is 0 Å². The van der Waals surface area contributed by atoms with Gasteiger partial charge in [-0.1, -0.05) is 23.8 Å². The van der Waals surface area contributed by atoms with E-state index in [1.807, 2.05) is 31.2 Å². The van der Waals surface area contributed by atoms with Crippen molar-refractivity contribution in [2.45, 2.75) is 20.1 Å². The number of hydrogen-bond acceptors (Lipinski definition) is 3. The summed E-state index contributed by atoms with van der Waals surface area (Å²) >= 11 is 0. The van der Waals surface area contributed by atoms with Crippen LogP contribution in [0, 0.1) is 6.92 Å². The normalized spacial score (nSPS) is 10.2. The minimum absolute atomic E-state index is 0.490. The van der Waals surface area contributed by atoms with Crippen molar-refractivity contribution in [1.29, 1.82) is 0 Å². The molecule has 2 rings (SSSR count). The van der Waals surface area contributed by atoms with Gasteiger partial charge in [-0.15, -0.1) is 0 Å². The lowest BCUT2D eigenvalue weighted by Gasteiger charge is -2.11. The van der Waals surface area contributed by atoms with Gasteiger partial charge in [0.2, 0.25) is 0 Å². The molecule has 2 aromatic rings.